The molecule has 0 aliphatic carbocycles. The molecule has 0 fully saturated rings. The average Bonchev–Trinajstić information content (AvgIpc) is 2.76. The lowest BCUT2D eigenvalue weighted by Crippen LogP contribution is -2.49. The number of carbonyl (C=O) groups is 1. The Morgan fingerprint density at radius 1 is 1.25 bits per heavy atom. The van der Waals surface area contributed by atoms with Gasteiger partial charge in [0.1, 0.15) is 11.9 Å². The van der Waals surface area contributed by atoms with Crippen LogP contribution in [0.15, 0.2) is 47.4 Å². The molecule has 0 aromatic heterocycles. The van der Waals surface area contributed by atoms with Crippen LogP contribution in [0, 0.1) is 5.92 Å². The Hall–Kier alpha value is -2.33. The number of nitrogens with one attached hydrogen (secondary N) is 2. The third kappa shape index (κ3) is 5.35. The second kappa shape index (κ2) is 10.1. The third-order valence-corrected chi connectivity index (χ3v) is 7.10. The van der Waals surface area contributed by atoms with E-state index in [0.717, 1.165) is 0 Å². The quantitative estimate of drug-likeness (QED) is 0.561. The van der Waals surface area contributed by atoms with Gasteiger partial charge in [-0.2, -0.15) is 0 Å². The lowest BCUT2D eigenvalue weighted by molar-refractivity contribution is 0.0416. The van der Waals surface area contributed by atoms with Crippen molar-refractivity contribution in [3.05, 3.63) is 53.1 Å². The molecule has 2 aromatic rings. The van der Waals surface area contributed by atoms with Crippen molar-refractivity contribution in [1.29, 1.82) is 0 Å². The Bertz CT molecular complexity index is 1060. The van der Waals surface area contributed by atoms with E-state index in [2.05, 4.69) is 10.0 Å². The molecule has 3 rings (SSSR count). The number of aliphatic hydroxyl groups excluding tert-OH is 1. The first-order chi connectivity index (χ1) is 15.2. The van der Waals surface area contributed by atoms with Crippen molar-refractivity contribution in [2.24, 2.45) is 5.92 Å². The van der Waals surface area contributed by atoms with Crippen LogP contribution in [0.4, 0.5) is 5.69 Å². The van der Waals surface area contributed by atoms with Gasteiger partial charge >= 0.3 is 0 Å². The summed E-state index contributed by atoms with van der Waals surface area (Å²) in [5.74, 6) is 0.0480. The Balaban J connectivity index is 1.99. The summed E-state index contributed by atoms with van der Waals surface area (Å²) < 4.78 is 34.2. The first-order valence-electron chi connectivity index (χ1n) is 10.3. The first-order valence-corrected chi connectivity index (χ1v) is 12.2. The van der Waals surface area contributed by atoms with E-state index in [1.807, 2.05) is 14.0 Å². The Morgan fingerprint density at radius 2 is 1.94 bits per heavy atom. The van der Waals surface area contributed by atoms with Gasteiger partial charge in [-0.15, -0.1) is 0 Å². The molecular weight excluding hydrogens is 454 g/mol. The largest absolute Gasteiger partial charge is 0.488 e. The summed E-state index contributed by atoms with van der Waals surface area (Å²) in [6, 6.07) is 10.0. The number of likely N-dealkylation sites (N-methyl/N-ethyl adjacent to an activating group) is 1. The number of carbonyl (C=O) groups excluding carboxylic acids is 1. The molecule has 1 amide bonds. The normalized spacial score (nSPS) is 20.0. The summed E-state index contributed by atoms with van der Waals surface area (Å²) in [6.45, 7) is 4.54. The fourth-order valence-electron chi connectivity index (χ4n) is 3.56. The molecule has 32 heavy (non-hydrogen) atoms. The van der Waals surface area contributed by atoms with Gasteiger partial charge in [0.2, 0.25) is 0 Å². The van der Waals surface area contributed by atoms with Crippen LogP contribution in [0.5, 0.6) is 5.75 Å². The van der Waals surface area contributed by atoms with Crippen molar-refractivity contribution in [2.45, 2.75) is 30.9 Å². The second-order valence-corrected chi connectivity index (χ2v) is 10.1. The van der Waals surface area contributed by atoms with Crippen LogP contribution in [0.25, 0.3) is 0 Å². The van der Waals surface area contributed by atoms with E-state index in [-0.39, 0.29) is 40.7 Å². The maximum Gasteiger partial charge on any atom is 0.261 e. The smallest absolute Gasteiger partial charge is 0.261 e. The SMILES string of the molecule is CNC[C@@H]1Oc2ccc(NS(=O)(=O)c3ccc(Cl)cc3)cc2C(=O)N([C@H](C)CO)C[C@H]1C. The Kier molecular flexibility index (Phi) is 7.66. The predicted molar refractivity (Wildman–Crippen MR) is 124 cm³/mol. The minimum absolute atomic E-state index is 0.0108. The van der Waals surface area contributed by atoms with Gasteiger partial charge in [-0.05, 0) is 56.4 Å². The minimum Gasteiger partial charge on any atom is -0.488 e. The van der Waals surface area contributed by atoms with E-state index in [0.29, 0.717) is 23.9 Å². The van der Waals surface area contributed by atoms with E-state index in [1.54, 1.807) is 24.0 Å². The number of hydrogen-bond acceptors (Lipinski definition) is 6. The van der Waals surface area contributed by atoms with Crippen LogP contribution in [0.3, 0.4) is 0 Å². The van der Waals surface area contributed by atoms with Gasteiger partial charge in [-0.25, -0.2) is 8.42 Å². The van der Waals surface area contributed by atoms with E-state index in [1.165, 1.54) is 30.3 Å². The maximum atomic E-state index is 13.4. The molecule has 0 unspecified atom stereocenters. The summed E-state index contributed by atoms with van der Waals surface area (Å²) in [6.07, 6.45) is -0.211. The number of halogens is 1. The van der Waals surface area contributed by atoms with Crippen LogP contribution >= 0.6 is 11.6 Å². The van der Waals surface area contributed by atoms with Crippen molar-refractivity contribution in [3.63, 3.8) is 0 Å². The number of rotatable bonds is 7. The fraction of sp³-hybridized carbons (Fsp3) is 0.409. The van der Waals surface area contributed by atoms with Crippen molar-refractivity contribution >= 4 is 33.2 Å². The average molecular weight is 482 g/mol. The van der Waals surface area contributed by atoms with Crippen LogP contribution in [-0.4, -0.2) is 63.2 Å². The summed E-state index contributed by atoms with van der Waals surface area (Å²) in [4.78, 5) is 15.0. The molecule has 10 heteroatoms. The molecular formula is C22H28ClN3O5S. The molecule has 0 radical (unpaired) electrons. The number of fused-ring (bicyclic) bond motifs is 1. The first kappa shape index (κ1) is 24.3. The highest BCUT2D eigenvalue weighted by atomic mass is 35.5. The molecule has 0 spiro atoms. The molecule has 3 atom stereocenters. The third-order valence-electron chi connectivity index (χ3n) is 5.45. The molecule has 174 valence electrons. The highest BCUT2D eigenvalue weighted by molar-refractivity contribution is 7.92. The monoisotopic (exact) mass is 481 g/mol. The number of ether oxygens (including phenoxy) is 1. The highest BCUT2D eigenvalue weighted by Crippen LogP contribution is 2.31. The lowest BCUT2D eigenvalue weighted by atomic mass is 9.99. The lowest BCUT2D eigenvalue weighted by Gasteiger charge is -2.37. The predicted octanol–water partition coefficient (Wildman–Crippen LogP) is 2.58. The van der Waals surface area contributed by atoms with Crippen molar-refractivity contribution in [3.8, 4) is 5.75 Å². The zero-order valence-electron chi connectivity index (χ0n) is 18.2. The number of anilines is 1. The molecule has 0 bridgehead atoms. The maximum absolute atomic E-state index is 13.4. The summed E-state index contributed by atoms with van der Waals surface area (Å²) in [5, 5.41) is 13.2. The van der Waals surface area contributed by atoms with Gasteiger partial charge in [-0.1, -0.05) is 18.5 Å². The molecule has 1 aliphatic rings. The summed E-state index contributed by atoms with van der Waals surface area (Å²) in [5.41, 5.74) is 0.459. The van der Waals surface area contributed by atoms with Crippen LogP contribution in [-0.2, 0) is 10.0 Å². The number of nitrogens with zero attached hydrogens (tertiary/aromatic N) is 1. The topological polar surface area (TPSA) is 108 Å². The molecule has 8 nitrogen and oxygen atoms in total. The number of sulfonamides is 1. The standard InChI is InChI=1S/C22H28ClN3O5S/c1-14-12-26(15(2)13-27)22(28)19-10-17(6-9-20(19)31-21(14)11-24-3)25-32(29,30)18-7-4-16(23)5-8-18/h4-10,14-15,21,24-25,27H,11-13H2,1-3H3/t14-,15-,21+/m1/s1. The zero-order valence-corrected chi connectivity index (χ0v) is 19.8. The van der Waals surface area contributed by atoms with Crippen molar-refractivity contribution in [2.75, 3.05) is 31.5 Å². The second-order valence-electron chi connectivity index (χ2n) is 7.95. The fourth-order valence-corrected chi connectivity index (χ4v) is 4.73. The summed E-state index contributed by atoms with van der Waals surface area (Å²) >= 11 is 5.85. The van der Waals surface area contributed by atoms with Gasteiger partial charge < -0.3 is 20.1 Å². The Labute approximate surface area is 193 Å². The number of aliphatic hydroxyl groups is 1. The number of benzene rings is 2. The molecule has 0 saturated carbocycles. The zero-order chi connectivity index (χ0) is 23.5. The number of amides is 1. The summed E-state index contributed by atoms with van der Waals surface area (Å²) in [7, 11) is -2.05. The molecule has 2 aromatic carbocycles. The van der Waals surface area contributed by atoms with E-state index >= 15 is 0 Å². The van der Waals surface area contributed by atoms with Crippen LogP contribution in [0.2, 0.25) is 5.02 Å². The molecule has 3 N–H and O–H groups in total. The van der Waals surface area contributed by atoms with Gasteiger partial charge in [0.15, 0.2) is 0 Å². The van der Waals surface area contributed by atoms with Crippen molar-refractivity contribution in [1.82, 2.24) is 10.2 Å². The minimum atomic E-state index is -3.88. The molecule has 0 saturated heterocycles. The van der Waals surface area contributed by atoms with Crippen molar-refractivity contribution < 1.29 is 23.1 Å². The van der Waals surface area contributed by atoms with Gasteiger partial charge in [0.05, 0.1) is 23.1 Å². The van der Waals surface area contributed by atoms with Gasteiger partial charge in [-0.3, -0.25) is 9.52 Å². The van der Waals surface area contributed by atoms with Gasteiger partial charge in [0, 0.05) is 29.7 Å². The van der Waals surface area contributed by atoms with E-state index in [9.17, 15) is 18.3 Å². The Morgan fingerprint density at radius 3 is 2.56 bits per heavy atom. The highest BCUT2D eigenvalue weighted by Gasteiger charge is 2.33. The van der Waals surface area contributed by atoms with Crippen LogP contribution in [0.1, 0.15) is 24.2 Å². The number of hydrogen-bond donors (Lipinski definition) is 3. The molecule has 1 aliphatic heterocycles. The molecule has 1 heterocycles. The van der Waals surface area contributed by atoms with E-state index in [4.69, 9.17) is 16.3 Å². The van der Waals surface area contributed by atoms with E-state index < -0.39 is 16.1 Å². The van der Waals surface area contributed by atoms with Crippen LogP contribution < -0.4 is 14.8 Å². The van der Waals surface area contributed by atoms with Gasteiger partial charge in [0.25, 0.3) is 15.9 Å².